The van der Waals surface area contributed by atoms with Crippen molar-refractivity contribution in [1.82, 2.24) is 14.4 Å². The molecule has 0 aliphatic rings. The predicted molar refractivity (Wildman–Crippen MR) is 92.5 cm³/mol. The van der Waals surface area contributed by atoms with Gasteiger partial charge < -0.3 is 4.74 Å². The van der Waals surface area contributed by atoms with Crippen molar-refractivity contribution in [1.29, 1.82) is 0 Å². The molecule has 0 unspecified atom stereocenters. The average Bonchev–Trinajstić information content (AvgIpc) is 3.10. The number of benzene rings is 1. The van der Waals surface area contributed by atoms with Crippen LogP contribution in [0.4, 0.5) is 26.3 Å². The highest BCUT2D eigenvalue weighted by Crippen LogP contribution is 2.39. The molecule has 0 spiro atoms. The normalized spacial score (nSPS) is 12.7. The number of fused-ring (bicyclic) bond motifs is 3. The van der Waals surface area contributed by atoms with Crippen molar-refractivity contribution >= 4 is 16.7 Å². The van der Waals surface area contributed by atoms with Gasteiger partial charge in [-0.05, 0) is 42.5 Å². The second kappa shape index (κ2) is 6.36. The lowest BCUT2D eigenvalue weighted by molar-refractivity contribution is -0.144. The standard InChI is InChI=1S/C19H11F6N3O/c1-29-11-4-2-10(3-5-11)14-9-26-16-7-6-12-13(18(20,21)22)8-15(19(23,24)25)27-17(12)28(14)16/h2-9H,1H3. The molecule has 0 radical (unpaired) electrons. The summed E-state index contributed by atoms with van der Waals surface area (Å²) in [7, 11) is 1.47. The number of nitrogens with zero attached hydrogens (tertiary/aromatic N) is 3. The van der Waals surface area contributed by atoms with E-state index in [1.165, 1.54) is 23.8 Å². The lowest BCUT2D eigenvalue weighted by Gasteiger charge is -2.15. The van der Waals surface area contributed by atoms with Crippen LogP contribution in [0.5, 0.6) is 5.75 Å². The predicted octanol–water partition coefficient (Wildman–Crippen LogP) is 5.60. The van der Waals surface area contributed by atoms with Gasteiger partial charge in [-0.25, -0.2) is 9.97 Å². The van der Waals surface area contributed by atoms with Crippen molar-refractivity contribution in [3.8, 4) is 17.0 Å². The third-order valence-electron chi connectivity index (χ3n) is 4.42. The van der Waals surface area contributed by atoms with E-state index in [2.05, 4.69) is 9.97 Å². The van der Waals surface area contributed by atoms with Gasteiger partial charge >= 0.3 is 12.4 Å². The fourth-order valence-electron chi connectivity index (χ4n) is 3.09. The van der Waals surface area contributed by atoms with Crippen LogP contribution in [0.1, 0.15) is 11.3 Å². The van der Waals surface area contributed by atoms with E-state index < -0.39 is 34.6 Å². The van der Waals surface area contributed by atoms with Crippen molar-refractivity contribution in [3.05, 3.63) is 59.9 Å². The highest BCUT2D eigenvalue weighted by Gasteiger charge is 2.39. The summed E-state index contributed by atoms with van der Waals surface area (Å²) in [4.78, 5) is 7.61. The molecule has 0 saturated heterocycles. The van der Waals surface area contributed by atoms with Crippen molar-refractivity contribution < 1.29 is 31.1 Å². The van der Waals surface area contributed by atoms with Gasteiger partial charge in [-0.15, -0.1) is 0 Å². The van der Waals surface area contributed by atoms with Crippen molar-refractivity contribution in [2.24, 2.45) is 0 Å². The minimum Gasteiger partial charge on any atom is -0.497 e. The first-order valence-corrected chi connectivity index (χ1v) is 8.19. The molecule has 4 rings (SSSR count). The number of rotatable bonds is 2. The molecule has 10 heteroatoms. The number of hydrogen-bond donors (Lipinski definition) is 0. The van der Waals surface area contributed by atoms with Crippen LogP contribution in [-0.2, 0) is 12.4 Å². The van der Waals surface area contributed by atoms with Gasteiger partial charge in [0.2, 0.25) is 0 Å². The minimum atomic E-state index is -5.04. The molecular formula is C19H11F6N3O. The molecule has 4 aromatic rings. The largest absolute Gasteiger partial charge is 0.497 e. The summed E-state index contributed by atoms with van der Waals surface area (Å²) in [5.74, 6) is 0.546. The van der Waals surface area contributed by atoms with Crippen LogP contribution in [0.2, 0.25) is 0 Å². The topological polar surface area (TPSA) is 39.4 Å². The Morgan fingerprint density at radius 1 is 0.897 bits per heavy atom. The number of aromatic nitrogens is 3. The first kappa shape index (κ1) is 19.0. The lowest BCUT2D eigenvalue weighted by atomic mass is 10.1. The summed E-state index contributed by atoms with van der Waals surface area (Å²) >= 11 is 0. The molecule has 0 atom stereocenters. The van der Waals surface area contributed by atoms with Crippen LogP contribution >= 0.6 is 0 Å². The van der Waals surface area contributed by atoms with E-state index in [4.69, 9.17) is 4.74 Å². The van der Waals surface area contributed by atoms with E-state index in [0.717, 1.165) is 6.07 Å². The van der Waals surface area contributed by atoms with Crippen LogP contribution in [0.15, 0.2) is 48.7 Å². The number of imidazole rings is 1. The summed E-state index contributed by atoms with van der Waals surface area (Å²) < 4.78 is 86.4. The van der Waals surface area contributed by atoms with Gasteiger partial charge in [0, 0.05) is 10.9 Å². The third kappa shape index (κ3) is 3.24. The van der Waals surface area contributed by atoms with Crippen molar-refractivity contribution in [2.45, 2.75) is 12.4 Å². The maximum Gasteiger partial charge on any atom is 0.433 e. The zero-order valence-corrected chi connectivity index (χ0v) is 14.6. The molecule has 4 nitrogen and oxygen atoms in total. The average molecular weight is 411 g/mol. The summed E-state index contributed by atoms with van der Waals surface area (Å²) in [6.07, 6.45) is -8.67. The van der Waals surface area contributed by atoms with Gasteiger partial charge in [-0.1, -0.05) is 0 Å². The van der Waals surface area contributed by atoms with Crippen LogP contribution in [0, 0.1) is 0 Å². The molecule has 0 fully saturated rings. The number of halogens is 6. The second-order valence-electron chi connectivity index (χ2n) is 6.19. The molecule has 0 amide bonds. The SMILES string of the molecule is COc1ccc(-c2cnc3ccc4c(C(F)(F)F)cc(C(F)(F)F)nc4n23)cc1. The Labute approximate surface area is 159 Å². The van der Waals surface area contributed by atoms with E-state index in [1.807, 2.05) is 0 Å². The molecule has 0 saturated carbocycles. The van der Waals surface area contributed by atoms with E-state index in [0.29, 0.717) is 17.0 Å². The van der Waals surface area contributed by atoms with Gasteiger partial charge in [0.25, 0.3) is 0 Å². The molecular weight excluding hydrogens is 400 g/mol. The molecule has 1 aromatic carbocycles. The van der Waals surface area contributed by atoms with Crippen LogP contribution in [0.25, 0.3) is 27.9 Å². The molecule has 3 aromatic heterocycles. The molecule has 0 aliphatic carbocycles. The maximum atomic E-state index is 13.5. The van der Waals surface area contributed by atoms with Gasteiger partial charge in [0.1, 0.15) is 22.7 Å². The fourth-order valence-corrected chi connectivity index (χ4v) is 3.09. The number of methoxy groups -OCH3 is 1. The van der Waals surface area contributed by atoms with E-state index in [9.17, 15) is 26.3 Å². The number of alkyl halides is 6. The van der Waals surface area contributed by atoms with Crippen LogP contribution < -0.4 is 4.74 Å². The van der Waals surface area contributed by atoms with Crippen LogP contribution in [-0.4, -0.2) is 21.5 Å². The first-order chi connectivity index (χ1) is 13.6. The number of pyridine rings is 2. The highest BCUT2D eigenvalue weighted by atomic mass is 19.4. The monoisotopic (exact) mass is 411 g/mol. The Bertz CT molecular complexity index is 1210. The molecule has 150 valence electrons. The van der Waals surface area contributed by atoms with Gasteiger partial charge in [-0.3, -0.25) is 4.40 Å². The van der Waals surface area contributed by atoms with Crippen molar-refractivity contribution in [3.63, 3.8) is 0 Å². The molecule has 0 aliphatic heterocycles. The molecule has 3 heterocycles. The fraction of sp³-hybridized carbons (Fsp3) is 0.158. The van der Waals surface area contributed by atoms with Gasteiger partial charge in [-0.2, -0.15) is 26.3 Å². The Kier molecular flexibility index (Phi) is 4.18. The van der Waals surface area contributed by atoms with E-state index in [1.54, 1.807) is 24.3 Å². The van der Waals surface area contributed by atoms with Gasteiger partial charge in [0.15, 0.2) is 0 Å². The zero-order chi connectivity index (χ0) is 21.0. The highest BCUT2D eigenvalue weighted by molar-refractivity contribution is 5.85. The quantitative estimate of drug-likeness (QED) is 0.404. The summed E-state index contributed by atoms with van der Waals surface area (Å²) in [6.45, 7) is 0. The summed E-state index contributed by atoms with van der Waals surface area (Å²) in [5.41, 5.74) is -2.52. The smallest absolute Gasteiger partial charge is 0.433 e. The Balaban J connectivity index is 2.09. The van der Waals surface area contributed by atoms with Gasteiger partial charge in [0.05, 0.1) is 24.6 Å². The molecule has 29 heavy (non-hydrogen) atoms. The lowest BCUT2D eigenvalue weighted by Crippen LogP contribution is -2.14. The third-order valence-corrected chi connectivity index (χ3v) is 4.42. The Hall–Kier alpha value is -3.30. The summed E-state index contributed by atoms with van der Waals surface area (Å²) in [6, 6.07) is 8.90. The Morgan fingerprint density at radius 3 is 2.17 bits per heavy atom. The zero-order valence-electron chi connectivity index (χ0n) is 14.6. The second-order valence-corrected chi connectivity index (χ2v) is 6.19. The minimum absolute atomic E-state index is 0.0259. The summed E-state index contributed by atoms with van der Waals surface area (Å²) in [5, 5.41) is -0.453. The number of hydrogen-bond acceptors (Lipinski definition) is 3. The maximum absolute atomic E-state index is 13.5. The first-order valence-electron chi connectivity index (χ1n) is 8.19. The Morgan fingerprint density at radius 2 is 1.59 bits per heavy atom. The van der Waals surface area contributed by atoms with E-state index >= 15 is 0 Å². The van der Waals surface area contributed by atoms with Crippen LogP contribution in [0.3, 0.4) is 0 Å². The van der Waals surface area contributed by atoms with E-state index in [-0.39, 0.29) is 11.7 Å². The van der Waals surface area contributed by atoms with Crippen molar-refractivity contribution in [2.75, 3.05) is 7.11 Å². The molecule has 0 bridgehead atoms. The molecule has 0 N–H and O–H groups in total. The number of ether oxygens (including phenoxy) is 1.